The van der Waals surface area contributed by atoms with Gasteiger partial charge in [-0.3, -0.25) is 0 Å². The van der Waals surface area contributed by atoms with E-state index in [1.807, 2.05) is 0 Å². The third-order valence-electron chi connectivity index (χ3n) is 0.656. The molecule has 6 heteroatoms. The van der Waals surface area contributed by atoms with Crippen LogP contribution in [0.4, 0.5) is 0 Å². The minimum absolute atomic E-state index is 0.0509. The molecule has 0 saturated carbocycles. The zero-order valence-electron chi connectivity index (χ0n) is 4.14. The minimum Gasteiger partial charge on any atom is -0.581 e. The van der Waals surface area contributed by atoms with Gasteiger partial charge < -0.3 is 10.3 Å². The van der Waals surface area contributed by atoms with Gasteiger partial charge in [0.05, 0.1) is 0 Å². The highest BCUT2D eigenvalue weighted by Crippen LogP contribution is 1.97. The van der Waals surface area contributed by atoms with Crippen molar-refractivity contribution < 1.29 is 14.1 Å². The van der Waals surface area contributed by atoms with Crippen molar-refractivity contribution in [1.29, 1.82) is 0 Å². The van der Waals surface area contributed by atoms with Gasteiger partial charge in [0.2, 0.25) is 4.88 Å². The van der Waals surface area contributed by atoms with Crippen LogP contribution in [-0.2, 0) is 0 Å². The lowest BCUT2D eigenvalue weighted by Gasteiger charge is -1.76. The van der Waals surface area contributed by atoms with Crippen LogP contribution in [-0.4, -0.2) is 16.2 Å². The fourth-order valence-corrected chi connectivity index (χ4v) is 0.760. The van der Waals surface area contributed by atoms with Crippen LogP contribution in [0.5, 0.6) is 0 Å². The summed E-state index contributed by atoms with van der Waals surface area (Å²) in [5.74, 6) is -1.12. The molecule has 0 radical (unpaired) electrons. The fourth-order valence-electron chi connectivity index (χ4n) is 0.325. The molecule has 0 spiro atoms. The first-order valence-corrected chi connectivity index (χ1v) is 2.77. The average Bonchev–Trinajstić information content (AvgIpc) is 2.14. The fraction of sp³-hybridized carbons (Fsp3) is 0. The van der Waals surface area contributed by atoms with Crippen LogP contribution in [0.1, 0.15) is 9.67 Å². The number of nitrogens with zero attached hydrogens (tertiary/aromatic N) is 2. The monoisotopic (exact) mass is 146 g/mol. The smallest absolute Gasteiger partial charge is 0.353 e. The molecular formula is C3H2N2O3S. The molecular weight excluding hydrogens is 144 g/mol. The third kappa shape index (κ3) is 1.14. The number of carboxylic acid groups (broad SMARTS) is 1. The Bertz CT molecular complexity index is 233. The molecule has 0 atom stereocenters. The Kier molecular flexibility index (Phi) is 1.31. The molecule has 0 aliphatic rings. The Morgan fingerprint density at radius 2 is 2.67 bits per heavy atom. The van der Waals surface area contributed by atoms with E-state index in [1.54, 1.807) is 0 Å². The minimum atomic E-state index is -1.12. The number of rotatable bonds is 1. The summed E-state index contributed by atoms with van der Waals surface area (Å²) in [5.41, 5.74) is 0. The molecule has 1 heterocycles. The van der Waals surface area contributed by atoms with E-state index in [0.717, 1.165) is 6.20 Å². The maximum atomic E-state index is 10.2. The van der Waals surface area contributed by atoms with E-state index in [9.17, 15) is 10.0 Å². The third-order valence-corrected chi connectivity index (χ3v) is 1.38. The van der Waals surface area contributed by atoms with Crippen molar-refractivity contribution in [2.24, 2.45) is 0 Å². The maximum absolute atomic E-state index is 10.2. The van der Waals surface area contributed by atoms with Crippen molar-refractivity contribution in [2.45, 2.75) is 0 Å². The van der Waals surface area contributed by atoms with Gasteiger partial charge in [-0.15, -0.1) is 0 Å². The van der Waals surface area contributed by atoms with Crippen LogP contribution in [0, 0.1) is 5.21 Å². The van der Waals surface area contributed by atoms with E-state index >= 15 is 0 Å². The number of aromatic carboxylic acids is 1. The van der Waals surface area contributed by atoms with E-state index in [0.29, 0.717) is 11.5 Å². The molecule has 0 amide bonds. The second kappa shape index (κ2) is 1.98. The number of aromatic nitrogens is 2. The van der Waals surface area contributed by atoms with Crippen molar-refractivity contribution in [3.63, 3.8) is 0 Å². The summed E-state index contributed by atoms with van der Waals surface area (Å²) in [4.78, 5) is 9.98. The molecule has 0 aliphatic carbocycles. The van der Waals surface area contributed by atoms with Gasteiger partial charge in [0.1, 0.15) is 6.20 Å². The van der Waals surface area contributed by atoms with Gasteiger partial charge in [-0.25, -0.2) is 4.79 Å². The van der Waals surface area contributed by atoms with Gasteiger partial charge in [0, 0.05) is 9.33 Å². The molecule has 1 aromatic heterocycles. The molecule has 48 valence electrons. The number of hydrogen-bond acceptors (Lipinski definition) is 4. The van der Waals surface area contributed by atoms with E-state index in [2.05, 4.69) is 5.10 Å². The van der Waals surface area contributed by atoms with E-state index in [-0.39, 0.29) is 9.11 Å². The Hall–Kier alpha value is -1.17. The molecule has 1 N–H and O–H groups in total. The largest absolute Gasteiger partial charge is 0.581 e. The van der Waals surface area contributed by atoms with Crippen LogP contribution in [0.3, 0.4) is 0 Å². The lowest BCUT2D eigenvalue weighted by Crippen LogP contribution is -2.22. The van der Waals surface area contributed by atoms with Gasteiger partial charge in [0.15, 0.2) is 11.5 Å². The lowest BCUT2D eigenvalue weighted by molar-refractivity contribution is -0.597. The highest BCUT2D eigenvalue weighted by atomic mass is 32.1. The van der Waals surface area contributed by atoms with Crippen molar-refractivity contribution in [3.8, 4) is 0 Å². The predicted octanol–water partition coefficient (Wildman–Crippen LogP) is -0.525. The molecule has 1 aromatic rings. The quantitative estimate of drug-likeness (QED) is 0.427. The van der Waals surface area contributed by atoms with Crippen LogP contribution in [0.2, 0.25) is 0 Å². The zero-order valence-corrected chi connectivity index (χ0v) is 4.96. The summed E-state index contributed by atoms with van der Waals surface area (Å²) < 4.78 is 0.240. The first-order chi connectivity index (χ1) is 4.20. The summed E-state index contributed by atoms with van der Waals surface area (Å²) in [6.45, 7) is 0. The first kappa shape index (κ1) is 5.96. The predicted molar refractivity (Wildman–Crippen MR) is 28.0 cm³/mol. The van der Waals surface area contributed by atoms with Crippen molar-refractivity contribution in [3.05, 3.63) is 16.3 Å². The molecule has 1 rings (SSSR count). The average molecular weight is 146 g/mol. The summed E-state index contributed by atoms with van der Waals surface area (Å²) in [5, 5.41) is 21.5. The molecule has 0 aliphatic heterocycles. The molecule has 9 heavy (non-hydrogen) atoms. The highest BCUT2D eigenvalue weighted by Gasteiger charge is 2.10. The second-order valence-electron chi connectivity index (χ2n) is 1.24. The second-order valence-corrected chi connectivity index (χ2v) is 2.18. The highest BCUT2D eigenvalue weighted by molar-refractivity contribution is 7.03. The Labute approximate surface area is 53.9 Å². The van der Waals surface area contributed by atoms with E-state index in [4.69, 9.17) is 5.11 Å². The molecule has 5 nitrogen and oxygen atoms in total. The van der Waals surface area contributed by atoms with Crippen molar-refractivity contribution >= 4 is 17.5 Å². The number of carboxylic acids is 1. The van der Waals surface area contributed by atoms with Gasteiger partial charge >= 0.3 is 5.97 Å². The normalized spacial score (nSPS) is 9.33. The molecule has 0 unspecified atom stereocenters. The van der Waals surface area contributed by atoms with Crippen LogP contribution >= 0.6 is 11.5 Å². The maximum Gasteiger partial charge on any atom is 0.353 e. The number of carbonyl (C=O) groups is 1. The lowest BCUT2D eigenvalue weighted by atomic mass is 10.6. The Balaban J connectivity index is 2.98. The summed E-state index contributed by atoms with van der Waals surface area (Å²) in [6.07, 6.45) is 1.01. The Morgan fingerprint density at radius 1 is 2.00 bits per heavy atom. The molecule has 0 fully saturated rings. The summed E-state index contributed by atoms with van der Waals surface area (Å²) >= 11 is 0.546. The van der Waals surface area contributed by atoms with Crippen molar-refractivity contribution in [1.82, 2.24) is 5.10 Å². The summed E-state index contributed by atoms with van der Waals surface area (Å²) in [6, 6.07) is 0. The first-order valence-electron chi connectivity index (χ1n) is 1.99. The molecule has 0 saturated heterocycles. The van der Waals surface area contributed by atoms with Crippen LogP contribution in [0.25, 0.3) is 0 Å². The SMILES string of the molecule is O=C(O)c1cn[n+]([O-])s1. The topological polar surface area (TPSA) is 77.1 Å². The molecule has 0 aromatic carbocycles. The van der Waals surface area contributed by atoms with Gasteiger partial charge in [0.25, 0.3) is 0 Å². The number of hydrogen-bond donors (Lipinski definition) is 1. The standard InChI is InChI=1S/C3H2N2O3S/c6-3(7)2-1-4-5(8)9-2/h1H,(H,6,7). The van der Waals surface area contributed by atoms with Crippen LogP contribution < -0.4 is 4.23 Å². The van der Waals surface area contributed by atoms with E-state index in [1.165, 1.54) is 0 Å². The van der Waals surface area contributed by atoms with Gasteiger partial charge in [-0.2, -0.15) is 0 Å². The van der Waals surface area contributed by atoms with E-state index < -0.39 is 5.97 Å². The summed E-state index contributed by atoms with van der Waals surface area (Å²) in [7, 11) is 0. The molecule has 0 bridgehead atoms. The van der Waals surface area contributed by atoms with Gasteiger partial charge in [-0.1, -0.05) is 0 Å². The zero-order chi connectivity index (χ0) is 6.85. The van der Waals surface area contributed by atoms with Gasteiger partial charge in [-0.05, 0) is 0 Å². The Morgan fingerprint density at radius 3 is 2.89 bits per heavy atom. The van der Waals surface area contributed by atoms with Crippen LogP contribution in [0.15, 0.2) is 6.20 Å². The van der Waals surface area contributed by atoms with Crippen molar-refractivity contribution in [2.75, 3.05) is 0 Å².